The zero-order chi connectivity index (χ0) is 14.4. The van der Waals surface area contributed by atoms with Crippen LogP contribution in [-0.2, 0) is 20.7 Å². The molecule has 0 saturated heterocycles. The third kappa shape index (κ3) is 4.22. The standard InChI is InChI=1S/C13H18INO4/c1-4-18-10(16)7-6-9-8(3)11(15-12(9)14)13(17)19-5-2/h15H,4-7H2,1-3H3. The molecule has 0 aromatic carbocycles. The molecule has 0 unspecified atom stereocenters. The molecule has 106 valence electrons. The Morgan fingerprint density at radius 2 is 1.84 bits per heavy atom. The summed E-state index contributed by atoms with van der Waals surface area (Å²) >= 11 is 2.12. The molecule has 0 aliphatic heterocycles. The lowest BCUT2D eigenvalue weighted by Crippen LogP contribution is -2.07. The molecule has 5 nitrogen and oxygen atoms in total. The van der Waals surface area contributed by atoms with Gasteiger partial charge >= 0.3 is 11.9 Å². The summed E-state index contributed by atoms with van der Waals surface area (Å²) in [4.78, 5) is 26.1. The van der Waals surface area contributed by atoms with Crippen LogP contribution in [0.25, 0.3) is 0 Å². The van der Waals surface area contributed by atoms with Gasteiger partial charge in [-0.05, 0) is 60.9 Å². The number of ether oxygens (including phenoxy) is 2. The van der Waals surface area contributed by atoms with E-state index < -0.39 is 0 Å². The van der Waals surface area contributed by atoms with Gasteiger partial charge in [0.1, 0.15) is 5.69 Å². The number of aromatic nitrogens is 1. The zero-order valence-corrected chi connectivity index (χ0v) is 13.5. The molecule has 0 amide bonds. The minimum atomic E-state index is -0.361. The van der Waals surface area contributed by atoms with Crippen LogP contribution in [0.15, 0.2) is 0 Å². The molecule has 19 heavy (non-hydrogen) atoms. The molecule has 0 radical (unpaired) electrons. The van der Waals surface area contributed by atoms with E-state index in [0.29, 0.717) is 31.7 Å². The molecule has 0 fully saturated rings. The normalized spacial score (nSPS) is 10.3. The summed E-state index contributed by atoms with van der Waals surface area (Å²) in [6.45, 7) is 6.12. The van der Waals surface area contributed by atoms with Crippen LogP contribution in [0.1, 0.15) is 41.9 Å². The van der Waals surface area contributed by atoms with E-state index in [1.165, 1.54) is 0 Å². The van der Waals surface area contributed by atoms with Crippen LogP contribution < -0.4 is 0 Å². The summed E-state index contributed by atoms with van der Waals surface area (Å²) in [6, 6.07) is 0. The number of H-pyrrole nitrogens is 1. The lowest BCUT2D eigenvalue weighted by Gasteiger charge is -2.03. The van der Waals surface area contributed by atoms with Crippen LogP contribution in [0, 0.1) is 10.6 Å². The molecule has 1 heterocycles. The Labute approximate surface area is 126 Å². The van der Waals surface area contributed by atoms with E-state index in [9.17, 15) is 9.59 Å². The van der Waals surface area contributed by atoms with Crippen LogP contribution >= 0.6 is 22.6 Å². The van der Waals surface area contributed by atoms with Gasteiger partial charge in [0.15, 0.2) is 0 Å². The van der Waals surface area contributed by atoms with Crippen molar-refractivity contribution in [2.75, 3.05) is 13.2 Å². The fourth-order valence-corrected chi connectivity index (χ4v) is 2.70. The molecule has 1 rings (SSSR count). The van der Waals surface area contributed by atoms with Gasteiger partial charge in [0, 0.05) is 6.42 Å². The average Bonchev–Trinajstić information content (AvgIpc) is 2.63. The van der Waals surface area contributed by atoms with E-state index in [-0.39, 0.29) is 11.9 Å². The molecule has 6 heteroatoms. The van der Waals surface area contributed by atoms with Gasteiger partial charge in [-0.1, -0.05) is 0 Å². The molecular formula is C13H18INO4. The molecule has 1 aromatic heterocycles. The predicted octanol–water partition coefficient (Wildman–Crippen LogP) is 2.60. The van der Waals surface area contributed by atoms with Crippen LogP contribution in [0.3, 0.4) is 0 Å². The van der Waals surface area contributed by atoms with E-state index in [1.807, 2.05) is 6.92 Å². The van der Waals surface area contributed by atoms with Crippen LogP contribution in [0.4, 0.5) is 0 Å². The van der Waals surface area contributed by atoms with Crippen molar-refractivity contribution in [3.05, 3.63) is 20.5 Å². The fraction of sp³-hybridized carbons (Fsp3) is 0.538. The highest BCUT2D eigenvalue weighted by Crippen LogP contribution is 2.22. The number of aromatic amines is 1. The van der Waals surface area contributed by atoms with Crippen LogP contribution in [-0.4, -0.2) is 30.1 Å². The smallest absolute Gasteiger partial charge is 0.355 e. The Hall–Kier alpha value is -1.05. The quantitative estimate of drug-likeness (QED) is 0.610. The second kappa shape index (κ2) is 7.52. The van der Waals surface area contributed by atoms with E-state index in [0.717, 1.165) is 14.8 Å². The number of carbonyl (C=O) groups is 2. The van der Waals surface area contributed by atoms with Crippen molar-refractivity contribution >= 4 is 34.5 Å². The third-order valence-electron chi connectivity index (χ3n) is 2.69. The Bertz CT molecular complexity index is 467. The molecule has 1 aromatic rings. The first-order valence-corrected chi connectivity index (χ1v) is 7.28. The molecule has 1 N–H and O–H groups in total. The highest BCUT2D eigenvalue weighted by Gasteiger charge is 2.19. The maximum Gasteiger partial charge on any atom is 0.355 e. The van der Waals surface area contributed by atoms with Crippen molar-refractivity contribution in [1.82, 2.24) is 4.98 Å². The van der Waals surface area contributed by atoms with Crippen molar-refractivity contribution in [2.45, 2.75) is 33.6 Å². The number of hydrogen-bond donors (Lipinski definition) is 1. The summed E-state index contributed by atoms with van der Waals surface area (Å²) in [5.41, 5.74) is 2.27. The van der Waals surface area contributed by atoms with Gasteiger partial charge in [0.05, 0.1) is 16.9 Å². The van der Waals surface area contributed by atoms with Gasteiger partial charge in [0.25, 0.3) is 0 Å². The van der Waals surface area contributed by atoms with Crippen molar-refractivity contribution in [1.29, 1.82) is 0 Å². The topological polar surface area (TPSA) is 68.4 Å². The number of rotatable bonds is 6. The number of carbonyl (C=O) groups excluding carboxylic acids is 2. The molecule has 0 spiro atoms. The Morgan fingerprint density at radius 1 is 1.21 bits per heavy atom. The molecular weight excluding hydrogens is 361 g/mol. The van der Waals surface area contributed by atoms with E-state index in [4.69, 9.17) is 9.47 Å². The maximum atomic E-state index is 11.7. The second-order valence-electron chi connectivity index (χ2n) is 3.94. The summed E-state index contributed by atoms with van der Waals surface area (Å²) in [5.74, 6) is -0.586. The molecule has 0 aliphatic carbocycles. The number of esters is 2. The van der Waals surface area contributed by atoms with Crippen molar-refractivity contribution in [3.63, 3.8) is 0 Å². The monoisotopic (exact) mass is 379 g/mol. The first-order chi connectivity index (χ1) is 9.01. The van der Waals surface area contributed by atoms with Crippen molar-refractivity contribution in [2.24, 2.45) is 0 Å². The highest BCUT2D eigenvalue weighted by atomic mass is 127. The van der Waals surface area contributed by atoms with Gasteiger partial charge in [-0.15, -0.1) is 0 Å². The Balaban J connectivity index is 2.79. The third-order valence-corrected chi connectivity index (χ3v) is 3.61. The fourth-order valence-electron chi connectivity index (χ4n) is 1.76. The average molecular weight is 379 g/mol. The Kier molecular flexibility index (Phi) is 6.33. The molecule has 0 aliphatic rings. The largest absolute Gasteiger partial charge is 0.466 e. The van der Waals surface area contributed by atoms with E-state index in [2.05, 4.69) is 27.6 Å². The number of hydrogen-bond acceptors (Lipinski definition) is 4. The van der Waals surface area contributed by atoms with Crippen molar-refractivity contribution in [3.8, 4) is 0 Å². The van der Waals surface area contributed by atoms with Gasteiger partial charge < -0.3 is 14.5 Å². The lowest BCUT2D eigenvalue weighted by molar-refractivity contribution is -0.143. The maximum absolute atomic E-state index is 11.7. The SMILES string of the molecule is CCOC(=O)CCc1c(I)[nH]c(C(=O)OCC)c1C. The number of halogens is 1. The summed E-state index contributed by atoms with van der Waals surface area (Å²) in [5, 5.41) is 0. The minimum absolute atomic E-state index is 0.225. The van der Waals surface area contributed by atoms with Crippen molar-refractivity contribution < 1.29 is 19.1 Å². The van der Waals surface area contributed by atoms with Gasteiger partial charge in [-0.25, -0.2) is 4.79 Å². The summed E-state index contributed by atoms with van der Waals surface area (Å²) < 4.78 is 10.7. The van der Waals surface area contributed by atoms with E-state index >= 15 is 0 Å². The molecule has 0 bridgehead atoms. The second-order valence-corrected chi connectivity index (χ2v) is 5.02. The minimum Gasteiger partial charge on any atom is -0.466 e. The van der Waals surface area contributed by atoms with E-state index in [1.54, 1.807) is 13.8 Å². The lowest BCUT2D eigenvalue weighted by atomic mass is 10.1. The highest BCUT2D eigenvalue weighted by molar-refractivity contribution is 14.1. The van der Waals surface area contributed by atoms with Gasteiger partial charge in [-0.2, -0.15) is 0 Å². The zero-order valence-electron chi connectivity index (χ0n) is 11.3. The van der Waals surface area contributed by atoms with Crippen LogP contribution in [0.2, 0.25) is 0 Å². The first kappa shape index (κ1) is 16.0. The first-order valence-electron chi connectivity index (χ1n) is 6.20. The summed E-state index contributed by atoms with van der Waals surface area (Å²) in [6.07, 6.45) is 0.865. The van der Waals surface area contributed by atoms with Gasteiger partial charge in [-0.3, -0.25) is 4.79 Å². The molecule has 0 atom stereocenters. The van der Waals surface area contributed by atoms with Gasteiger partial charge in [0.2, 0.25) is 0 Å². The van der Waals surface area contributed by atoms with Crippen LogP contribution in [0.5, 0.6) is 0 Å². The Morgan fingerprint density at radius 3 is 2.42 bits per heavy atom. The molecule has 0 saturated carbocycles. The predicted molar refractivity (Wildman–Crippen MR) is 79.2 cm³/mol. The summed E-state index contributed by atoms with van der Waals surface area (Å²) in [7, 11) is 0. The number of nitrogens with one attached hydrogen (secondary N) is 1.